The van der Waals surface area contributed by atoms with Crippen LogP contribution in [0.15, 0.2) is 11.0 Å². The molecule has 118 valence electrons. The molecule has 0 saturated carbocycles. The molecule has 6 heteroatoms. The van der Waals surface area contributed by atoms with Gasteiger partial charge in [0, 0.05) is 23.3 Å². The van der Waals surface area contributed by atoms with Crippen LogP contribution in [0.4, 0.5) is 0 Å². The molecule has 2 heterocycles. The molecule has 22 heavy (non-hydrogen) atoms. The summed E-state index contributed by atoms with van der Waals surface area (Å²) in [6.45, 7) is 4.79. The summed E-state index contributed by atoms with van der Waals surface area (Å²) in [5.74, 6) is 0.203. The zero-order valence-electron chi connectivity index (χ0n) is 13.0. The lowest BCUT2D eigenvalue weighted by Crippen LogP contribution is -2.32. The van der Waals surface area contributed by atoms with E-state index >= 15 is 0 Å². The van der Waals surface area contributed by atoms with E-state index in [9.17, 15) is 9.59 Å². The summed E-state index contributed by atoms with van der Waals surface area (Å²) in [6.07, 6.45) is 6.49. The number of nitrogens with one attached hydrogen (secondary N) is 1. The first kappa shape index (κ1) is 15.2. The summed E-state index contributed by atoms with van der Waals surface area (Å²) in [7, 11) is 0. The Kier molecular flexibility index (Phi) is 4.29. The highest BCUT2D eigenvalue weighted by molar-refractivity contribution is 7.17. The van der Waals surface area contributed by atoms with Crippen LogP contribution in [0.25, 0.3) is 4.96 Å². The molecule has 2 aromatic rings. The van der Waals surface area contributed by atoms with Gasteiger partial charge in [0.15, 0.2) is 4.96 Å². The lowest BCUT2D eigenvalue weighted by Gasteiger charge is -2.10. The van der Waals surface area contributed by atoms with E-state index in [2.05, 4.69) is 24.1 Å². The summed E-state index contributed by atoms with van der Waals surface area (Å²) in [5, 5.41) is 2.82. The van der Waals surface area contributed by atoms with Crippen LogP contribution >= 0.6 is 11.3 Å². The number of hydrogen-bond acceptors (Lipinski definition) is 4. The van der Waals surface area contributed by atoms with E-state index in [4.69, 9.17) is 0 Å². The molecule has 0 aromatic carbocycles. The van der Waals surface area contributed by atoms with Crippen molar-refractivity contribution < 1.29 is 4.79 Å². The van der Waals surface area contributed by atoms with Crippen molar-refractivity contribution >= 4 is 22.2 Å². The second kappa shape index (κ2) is 6.20. The molecule has 1 aliphatic carbocycles. The number of thiazole rings is 1. The molecule has 0 aliphatic heterocycles. The maximum atomic E-state index is 12.7. The van der Waals surface area contributed by atoms with Gasteiger partial charge in [-0.3, -0.25) is 14.0 Å². The molecule has 0 saturated heterocycles. The molecular weight excluding hydrogens is 298 g/mol. The summed E-state index contributed by atoms with van der Waals surface area (Å²) in [6, 6.07) is 0. The molecule has 1 amide bonds. The summed E-state index contributed by atoms with van der Waals surface area (Å²) in [4.78, 5) is 31.2. The van der Waals surface area contributed by atoms with Crippen molar-refractivity contribution in [3.05, 3.63) is 32.7 Å². The van der Waals surface area contributed by atoms with Crippen LogP contribution in [0, 0.1) is 5.92 Å². The van der Waals surface area contributed by atoms with Crippen LogP contribution in [-0.4, -0.2) is 21.8 Å². The number of fused-ring (bicyclic) bond motifs is 3. The van der Waals surface area contributed by atoms with Gasteiger partial charge in [-0.05, 0) is 38.0 Å². The van der Waals surface area contributed by atoms with Crippen LogP contribution in [0.3, 0.4) is 0 Å². The van der Waals surface area contributed by atoms with Crippen molar-refractivity contribution in [2.45, 2.75) is 46.0 Å². The molecular formula is C16H21N3O2S. The molecule has 0 bridgehead atoms. The summed E-state index contributed by atoms with van der Waals surface area (Å²) in [5.41, 5.74) is 0.972. The highest BCUT2D eigenvalue weighted by atomic mass is 32.1. The van der Waals surface area contributed by atoms with Crippen LogP contribution in [0.5, 0.6) is 0 Å². The largest absolute Gasteiger partial charge is 0.352 e. The first-order valence-electron chi connectivity index (χ1n) is 7.88. The van der Waals surface area contributed by atoms with Gasteiger partial charge in [0.2, 0.25) is 0 Å². The third-order valence-corrected chi connectivity index (χ3v) is 5.21. The Bertz CT molecular complexity index is 761. The standard InChI is InChI=1S/C16H21N3O2S/c1-10(2)7-8-17-14(20)11-9-18-16-19(15(11)21)12-5-3-4-6-13(12)22-16/h9-10H,3-8H2,1-2H3,(H,17,20). The minimum atomic E-state index is -0.316. The van der Waals surface area contributed by atoms with E-state index in [0.717, 1.165) is 37.8 Å². The topological polar surface area (TPSA) is 63.5 Å². The van der Waals surface area contributed by atoms with Gasteiger partial charge < -0.3 is 5.32 Å². The first-order chi connectivity index (χ1) is 10.6. The fourth-order valence-electron chi connectivity index (χ4n) is 2.79. The average Bonchev–Trinajstić information content (AvgIpc) is 2.86. The fourth-order valence-corrected chi connectivity index (χ4v) is 3.96. The maximum absolute atomic E-state index is 12.7. The molecule has 0 fully saturated rings. The molecule has 0 unspecified atom stereocenters. The summed E-state index contributed by atoms with van der Waals surface area (Å²) >= 11 is 1.58. The monoisotopic (exact) mass is 319 g/mol. The van der Waals surface area contributed by atoms with Crippen molar-refractivity contribution in [3.63, 3.8) is 0 Å². The van der Waals surface area contributed by atoms with Crippen LogP contribution < -0.4 is 10.9 Å². The molecule has 1 aliphatic rings. The van der Waals surface area contributed by atoms with E-state index in [1.54, 1.807) is 15.7 Å². The normalized spacial score (nSPS) is 14.3. The lowest BCUT2D eigenvalue weighted by atomic mass is 10.0. The Balaban J connectivity index is 1.93. The van der Waals surface area contributed by atoms with Gasteiger partial charge in [-0.25, -0.2) is 4.98 Å². The number of carbonyl (C=O) groups is 1. The van der Waals surface area contributed by atoms with Crippen LogP contribution in [0.1, 0.15) is 54.0 Å². The molecule has 1 N–H and O–H groups in total. The Morgan fingerprint density at radius 2 is 2.18 bits per heavy atom. The SMILES string of the molecule is CC(C)CCNC(=O)c1cnc2sc3c(n2c1=O)CCCC3. The molecule has 5 nitrogen and oxygen atoms in total. The second-order valence-electron chi connectivity index (χ2n) is 6.21. The van der Waals surface area contributed by atoms with E-state index < -0.39 is 0 Å². The van der Waals surface area contributed by atoms with E-state index in [1.165, 1.54) is 11.1 Å². The zero-order valence-corrected chi connectivity index (χ0v) is 13.8. The maximum Gasteiger partial charge on any atom is 0.271 e. The van der Waals surface area contributed by atoms with Gasteiger partial charge in [0.25, 0.3) is 11.5 Å². The molecule has 0 atom stereocenters. The van der Waals surface area contributed by atoms with Gasteiger partial charge in [-0.1, -0.05) is 13.8 Å². The van der Waals surface area contributed by atoms with Crippen molar-refractivity contribution in [2.75, 3.05) is 6.54 Å². The predicted molar refractivity (Wildman–Crippen MR) is 87.8 cm³/mol. The van der Waals surface area contributed by atoms with Crippen molar-refractivity contribution in [1.29, 1.82) is 0 Å². The number of nitrogens with zero attached hydrogens (tertiary/aromatic N) is 2. The van der Waals surface area contributed by atoms with E-state index in [0.29, 0.717) is 17.4 Å². The van der Waals surface area contributed by atoms with Crippen molar-refractivity contribution in [3.8, 4) is 0 Å². The van der Waals surface area contributed by atoms with Gasteiger partial charge in [-0.2, -0.15) is 0 Å². The van der Waals surface area contributed by atoms with Crippen LogP contribution in [0.2, 0.25) is 0 Å². The number of aryl methyl sites for hydroxylation is 2. The Morgan fingerprint density at radius 1 is 1.41 bits per heavy atom. The number of rotatable bonds is 4. The quantitative estimate of drug-likeness (QED) is 0.941. The molecule has 2 aromatic heterocycles. The number of aromatic nitrogens is 2. The number of amides is 1. The highest BCUT2D eigenvalue weighted by Gasteiger charge is 2.21. The Labute approximate surface area is 133 Å². The highest BCUT2D eigenvalue weighted by Crippen LogP contribution is 2.28. The fraction of sp³-hybridized carbons (Fsp3) is 0.562. The Morgan fingerprint density at radius 3 is 2.95 bits per heavy atom. The number of hydrogen-bond donors (Lipinski definition) is 1. The smallest absolute Gasteiger partial charge is 0.271 e. The van der Waals surface area contributed by atoms with Crippen molar-refractivity contribution in [2.24, 2.45) is 5.92 Å². The van der Waals surface area contributed by atoms with Crippen molar-refractivity contribution in [1.82, 2.24) is 14.7 Å². The first-order valence-corrected chi connectivity index (χ1v) is 8.70. The average molecular weight is 319 g/mol. The van der Waals surface area contributed by atoms with Gasteiger partial charge >= 0.3 is 0 Å². The summed E-state index contributed by atoms with van der Waals surface area (Å²) < 4.78 is 1.65. The Hall–Kier alpha value is -1.69. The van der Waals surface area contributed by atoms with Gasteiger partial charge in [-0.15, -0.1) is 11.3 Å². The minimum Gasteiger partial charge on any atom is -0.352 e. The predicted octanol–water partition coefficient (Wildman–Crippen LogP) is 2.41. The van der Waals surface area contributed by atoms with Gasteiger partial charge in [0.1, 0.15) is 5.56 Å². The second-order valence-corrected chi connectivity index (χ2v) is 7.27. The molecule has 3 rings (SSSR count). The third kappa shape index (κ3) is 2.79. The number of carbonyl (C=O) groups excluding carboxylic acids is 1. The minimum absolute atomic E-state index is 0.146. The molecule has 0 radical (unpaired) electrons. The third-order valence-electron chi connectivity index (χ3n) is 4.05. The molecule has 0 spiro atoms. The lowest BCUT2D eigenvalue weighted by molar-refractivity contribution is 0.0950. The van der Waals surface area contributed by atoms with E-state index in [1.807, 2.05) is 0 Å². The van der Waals surface area contributed by atoms with E-state index in [-0.39, 0.29) is 17.0 Å². The van der Waals surface area contributed by atoms with Gasteiger partial charge in [0.05, 0.1) is 0 Å². The van der Waals surface area contributed by atoms with Crippen LogP contribution in [-0.2, 0) is 12.8 Å². The zero-order chi connectivity index (χ0) is 15.7.